The lowest BCUT2D eigenvalue weighted by molar-refractivity contribution is 0.285. The number of nitrogens with one attached hydrogen (secondary N) is 2. The fourth-order valence-corrected chi connectivity index (χ4v) is 2.28. The van der Waals surface area contributed by atoms with Crippen LogP contribution in [0.5, 0.6) is 5.75 Å². The molecule has 2 aliphatic rings. The van der Waals surface area contributed by atoms with Gasteiger partial charge < -0.3 is 15.4 Å². The third-order valence-electron chi connectivity index (χ3n) is 4.12. The lowest BCUT2D eigenvalue weighted by Gasteiger charge is -2.18. The Hall–Kier alpha value is -1.78. The standard InChI is InChI=1S/C17H24FN3O/c1-11(20-17(19-2)21-14-6-7-14)13-5-8-16(15(18)9-13)22-10-12-3-4-12/h5,8-9,11-12,14H,3-4,6-7,10H2,1-2H3,(H2,19,20,21). The molecule has 120 valence electrons. The Bertz CT molecular complexity index is 553. The molecular weight excluding hydrogens is 281 g/mol. The Morgan fingerprint density at radius 1 is 1.36 bits per heavy atom. The molecule has 0 spiro atoms. The van der Waals surface area contributed by atoms with E-state index in [1.165, 1.54) is 25.7 Å². The van der Waals surface area contributed by atoms with Crippen LogP contribution >= 0.6 is 0 Å². The van der Waals surface area contributed by atoms with E-state index in [4.69, 9.17) is 4.74 Å². The monoisotopic (exact) mass is 305 g/mol. The summed E-state index contributed by atoms with van der Waals surface area (Å²) < 4.78 is 19.6. The Morgan fingerprint density at radius 2 is 2.14 bits per heavy atom. The fourth-order valence-electron chi connectivity index (χ4n) is 2.28. The van der Waals surface area contributed by atoms with Crippen molar-refractivity contribution < 1.29 is 9.13 Å². The Labute approximate surface area is 131 Å². The van der Waals surface area contributed by atoms with Crippen LogP contribution in [0.25, 0.3) is 0 Å². The maximum Gasteiger partial charge on any atom is 0.191 e. The summed E-state index contributed by atoms with van der Waals surface area (Å²) in [5.41, 5.74) is 0.884. The highest BCUT2D eigenvalue weighted by atomic mass is 19.1. The second-order valence-corrected chi connectivity index (χ2v) is 6.30. The molecule has 3 rings (SSSR count). The van der Waals surface area contributed by atoms with E-state index in [0.717, 1.165) is 11.5 Å². The molecule has 0 radical (unpaired) electrons. The van der Waals surface area contributed by atoms with Gasteiger partial charge in [0, 0.05) is 13.1 Å². The second-order valence-electron chi connectivity index (χ2n) is 6.30. The van der Waals surface area contributed by atoms with Gasteiger partial charge in [-0.25, -0.2) is 4.39 Å². The van der Waals surface area contributed by atoms with Crippen molar-refractivity contribution >= 4 is 5.96 Å². The summed E-state index contributed by atoms with van der Waals surface area (Å²) >= 11 is 0. The first-order chi connectivity index (χ1) is 10.7. The maximum atomic E-state index is 14.1. The van der Waals surface area contributed by atoms with Gasteiger partial charge in [-0.3, -0.25) is 4.99 Å². The van der Waals surface area contributed by atoms with Crippen molar-refractivity contribution in [3.63, 3.8) is 0 Å². The highest BCUT2D eigenvalue weighted by Gasteiger charge is 2.24. The minimum absolute atomic E-state index is 0.0167. The average molecular weight is 305 g/mol. The summed E-state index contributed by atoms with van der Waals surface area (Å²) in [7, 11) is 1.75. The van der Waals surface area contributed by atoms with E-state index in [2.05, 4.69) is 15.6 Å². The van der Waals surface area contributed by atoms with Gasteiger partial charge in [-0.1, -0.05) is 6.07 Å². The van der Waals surface area contributed by atoms with Crippen LogP contribution in [0.4, 0.5) is 4.39 Å². The second kappa shape index (κ2) is 6.55. The van der Waals surface area contributed by atoms with Crippen molar-refractivity contribution in [2.45, 2.75) is 44.7 Å². The number of nitrogens with zero attached hydrogens (tertiary/aromatic N) is 1. The van der Waals surface area contributed by atoms with Gasteiger partial charge in [0.05, 0.1) is 12.6 Å². The molecule has 1 aromatic carbocycles. The highest BCUT2D eigenvalue weighted by Crippen LogP contribution is 2.30. The molecule has 1 atom stereocenters. The summed E-state index contributed by atoms with van der Waals surface area (Å²) in [4.78, 5) is 4.21. The Kier molecular flexibility index (Phi) is 4.50. The van der Waals surface area contributed by atoms with Crippen LogP contribution < -0.4 is 15.4 Å². The van der Waals surface area contributed by atoms with E-state index in [1.807, 2.05) is 13.0 Å². The number of benzene rings is 1. The zero-order valence-corrected chi connectivity index (χ0v) is 13.2. The number of guanidine groups is 1. The minimum atomic E-state index is -0.295. The van der Waals surface area contributed by atoms with Crippen molar-refractivity contribution in [1.82, 2.24) is 10.6 Å². The summed E-state index contributed by atoms with van der Waals surface area (Å²) in [6.45, 7) is 2.63. The summed E-state index contributed by atoms with van der Waals surface area (Å²) in [6, 6.07) is 5.70. The molecule has 4 nitrogen and oxygen atoms in total. The molecule has 22 heavy (non-hydrogen) atoms. The average Bonchev–Trinajstić information content (AvgIpc) is 3.39. The molecule has 5 heteroatoms. The van der Waals surface area contributed by atoms with E-state index in [-0.39, 0.29) is 11.9 Å². The topological polar surface area (TPSA) is 45.7 Å². The van der Waals surface area contributed by atoms with Crippen LogP contribution in [-0.4, -0.2) is 25.7 Å². The zero-order chi connectivity index (χ0) is 15.5. The van der Waals surface area contributed by atoms with Gasteiger partial charge in [-0.15, -0.1) is 0 Å². The van der Waals surface area contributed by atoms with E-state index in [0.29, 0.717) is 24.3 Å². The maximum absolute atomic E-state index is 14.1. The predicted molar refractivity (Wildman–Crippen MR) is 85.7 cm³/mol. The van der Waals surface area contributed by atoms with Crippen molar-refractivity contribution in [2.24, 2.45) is 10.9 Å². The fraction of sp³-hybridized carbons (Fsp3) is 0.588. The van der Waals surface area contributed by atoms with Gasteiger partial charge in [0.15, 0.2) is 17.5 Å². The molecule has 2 aliphatic carbocycles. The molecule has 0 saturated heterocycles. The molecule has 0 amide bonds. The summed E-state index contributed by atoms with van der Waals surface area (Å²) in [5, 5.41) is 6.62. The van der Waals surface area contributed by atoms with E-state index in [1.54, 1.807) is 19.2 Å². The lowest BCUT2D eigenvalue weighted by Crippen LogP contribution is -2.39. The van der Waals surface area contributed by atoms with Gasteiger partial charge in [-0.2, -0.15) is 0 Å². The summed E-state index contributed by atoms with van der Waals surface area (Å²) in [6.07, 6.45) is 4.79. The van der Waals surface area contributed by atoms with Crippen LogP contribution in [0.15, 0.2) is 23.2 Å². The SMILES string of the molecule is CN=C(NC1CC1)NC(C)c1ccc(OCC2CC2)c(F)c1. The third-order valence-corrected chi connectivity index (χ3v) is 4.12. The van der Waals surface area contributed by atoms with Crippen LogP contribution in [0, 0.1) is 11.7 Å². The number of ether oxygens (including phenoxy) is 1. The summed E-state index contributed by atoms with van der Waals surface area (Å²) in [5.74, 6) is 1.45. The Balaban J connectivity index is 1.58. The first-order valence-corrected chi connectivity index (χ1v) is 8.08. The molecule has 1 unspecified atom stereocenters. The zero-order valence-electron chi connectivity index (χ0n) is 13.2. The molecule has 2 saturated carbocycles. The van der Waals surface area contributed by atoms with Gasteiger partial charge in [-0.05, 0) is 56.2 Å². The van der Waals surface area contributed by atoms with Crippen LogP contribution in [0.3, 0.4) is 0 Å². The molecule has 2 fully saturated rings. The molecule has 0 aromatic heterocycles. The third kappa shape index (κ3) is 4.12. The van der Waals surface area contributed by atoms with E-state index >= 15 is 0 Å². The van der Waals surface area contributed by atoms with Gasteiger partial charge in [0.1, 0.15) is 0 Å². The van der Waals surface area contributed by atoms with Crippen molar-refractivity contribution in [2.75, 3.05) is 13.7 Å². The predicted octanol–water partition coefficient (Wildman–Crippen LogP) is 3.00. The lowest BCUT2D eigenvalue weighted by atomic mass is 10.1. The number of hydrogen-bond acceptors (Lipinski definition) is 2. The van der Waals surface area contributed by atoms with Crippen LogP contribution in [0.1, 0.15) is 44.2 Å². The quantitative estimate of drug-likeness (QED) is 0.627. The Morgan fingerprint density at radius 3 is 2.73 bits per heavy atom. The first-order valence-electron chi connectivity index (χ1n) is 8.08. The van der Waals surface area contributed by atoms with Gasteiger partial charge in [0.2, 0.25) is 0 Å². The van der Waals surface area contributed by atoms with E-state index in [9.17, 15) is 4.39 Å². The number of hydrogen-bond donors (Lipinski definition) is 2. The molecular formula is C17H24FN3O. The van der Waals surface area contributed by atoms with E-state index < -0.39 is 0 Å². The van der Waals surface area contributed by atoms with Crippen molar-refractivity contribution in [1.29, 1.82) is 0 Å². The molecule has 0 heterocycles. The first kappa shape index (κ1) is 15.1. The smallest absolute Gasteiger partial charge is 0.191 e. The van der Waals surface area contributed by atoms with Gasteiger partial charge in [0.25, 0.3) is 0 Å². The molecule has 1 aromatic rings. The van der Waals surface area contributed by atoms with Crippen LogP contribution in [0.2, 0.25) is 0 Å². The number of rotatable bonds is 6. The number of halogens is 1. The molecule has 0 aliphatic heterocycles. The van der Waals surface area contributed by atoms with Crippen LogP contribution in [-0.2, 0) is 0 Å². The normalized spacial score (nSPS) is 19.7. The largest absolute Gasteiger partial charge is 0.490 e. The van der Waals surface area contributed by atoms with Gasteiger partial charge >= 0.3 is 0 Å². The van der Waals surface area contributed by atoms with Crippen molar-refractivity contribution in [3.8, 4) is 5.75 Å². The number of aliphatic imine (C=N–C) groups is 1. The highest BCUT2D eigenvalue weighted by molar-refractivity contribution is 5.80. The molecule has 2 N–H and O–H groups in total. The minimum Gasteiger partial charge on any atom is -0.490 e. The molecule has 0 bridgehead atoms. The van der Waals surface area contributed by atoms with Crippen molar-refractivity contribution in [3.05, 3.63) is 29.6 Å².